The third-order valence-corrected chi connectivity index (χ3v) is 13.3. The minimum absolute atomic E-state index is 0.0444. The Labute approximate surface area is 350 Å². The number of rotatable bonds is 4. The van der Waals surface area contributed by atoms with Crippen molar-refractivity contribution >= 4 is 87.4 Å². The standard InChI is InChI=1S/C58H44N2/c1-58(2,3)37-27-29-38(30-28-37)59(55-26-14-24-52-46-19-8-6-18-44(46)45-20-10-11-23-51(45)57(52)55)40-32-34-50-49-22-12-13-25-54(49)60(56(50)36-40)39-31-33-48-43-17-5-4-15-41(43)42-16-7-9-21-47(42)53(48)35-39/h4-36,50,56H,1-3H3. The maximum Gasteiger partial charge on any atom is 0.0649 e. The normalized spacial score (nSPS) is 16.2. The molecular weight excluding hydrogens is 725 g/mol. The molecule has 10 aromatic carbocycles. The Morgan fingerprint density at radius 2 is 0.967 bits per heavy atom. The van der Waals surface area contributed by atoms with Crippen molar-refractivity contribution in [2.24, 2.45) is 0 Å². The highest BCUT2D eigenvalue weighted by Gasteiger charge is 2.39. The van der Waals surface area contributed by atoms with Gasteiger partial charge in [0.2, 0.25) is 0 Å². The molecule has 2 atom stereocenters. The van der Waals surface area contributed by atoms with Crippen LogP contribution in [0.3, 0.4) is 0 Å². The number of nitrogens with zero attached hydrogens (tertiary/aromatic N) is 2. The molecule has 2 unspecified atom stereocenters. The van der Waals surface area contributed by atoms with E-state index in [1.165, 1.54) is 98.5 Å². The lowest BCUT2D eigenvalue weighted by atomic mass is 9.86. The van der Waals surface area contributed by atoms with Crippen LogP contribution in [0.25, 0.3) is 64.6 Å². The van der Waals surface area contributed by atoms with Gasteiger partial charge in [0.15, 0.2) is 0 Å². The summed E-state index contributed by atoms with van der Waals surface area (Å²) in [4.78, 5) is 5.11. The quantitative estimate of drug-likeness (QED) is 0.165. The minimum atomic E-state index is 0.0444. The summed E-state index contributed by atoms with van der Waals surface area (Å²) in [5.41, 5.74) is 8.69. The smallest absolute Gasteiger partial charge is 0.0649 e. The summed E-state index contributed by atoms with van der Waals surface area (Å²) in [6.07, 6.45) is 7.37. The van der Waals surface area contributed by atoms with Crippen LogP contribution in [0.5, 0.6) is 0 Å². The Balaban J connectivity index is 1.09. The average Bonchev–Trinajstić information content (AvgIpc) is 3.63. The van der Waals surface area contributed by atoms with E-state index < -0.39 is 0 Å². The number of allylic oxidation sites excluding steroid dienone is 1. The second-order valence-corrected chi connectivity index (χ2v) is 17.6. The highest BCUT2D eigenvalue weighted by molar-refractivity contribution is 6.29. The van der Waals surface area contributed by atoms with Gasteiger partial charge < -0.3 is 9.80 Å². The molecule has 1 aliphatic heterocycles. The molecule has 0 aromatic heterocycles. The van der Waals surface area contributed by atoms with E-state index in [4.69, 9.17) is 0 Å². The van der Waals surface area contributed by atoms with Crippen molar-refractivity contribution in [1.29, 1.82) is 0 Å². The lowest BCUT2D eigenvalue weighted by Gasteiger charge is -2.35. The summed E-state index contributed by atoms with van der Waals surface area (Å²) < 4.78 is 0. The number of anilines is 4. The van der Waals surface area contributed by atoms with E-state index in [-0.39, 0.29) is 17.4 Å². The van der Waals surface area contributed by atoms with Gasteiger partial charge in [-0.2, -0.15) is 0 Å². The molecule has 60 heavy (non-hydrogen) atoms. The van der Waals surface area contributed by atoms with Gasteiger partial charge in [-0.3, -0.25) is 0 Å². The lowest BCUT2D eigenvalue weighted by molar-refractivity contribution is 0.590. The molecule has 2 heteroatoms. The summed E-state index contributed by atoms with van der Waals surface area (Å²) >= 11 is 0. The van der Waals surface area contributed by atoms with Crippen LogP contribution in [-0.4, -0.2) is 6.04 Å². The predicted octanol–water partition coefficient (Wildman–Crippen LogP) is 15.8. The van der Waals surface area contributed by atoms with E-state index in [9.17, 15) is 0 Å². The topological polar surface area (TPSA) is 6.48 Å². The van der Waals surface area contributed by atoms with Crippen molar-refractivity contribution in [3.05, 3.63) is 217 Å². The predicted molar refractivity (Wildman–Crippen MR) is 258 cm³/mol. The van der Waals surface area contributed by atoms with Gasteiger partial charge in [-0.15, -0.1) is 0 Å². The zero-order valence-electron chi connectivity index (χ0n) is 34.1. The number of benzene rings is 10. The molecule has 286 valence electrons. The molecule has 0 bridgehead atoms. The Morgan fingerprint density at radius 1 is 0.467 bits per heavy atom. The van der Waals surface area contributed by atoms with Gasteiger partial charge in [0.05, 0.1) is 11.7 Å². The first-order chi connectivity index (χ1) is 29.4. The van der Waals surface area contributed by atoms with Crippen molar-refractivity contribution in [3.8, 4) is 0 Å². The number of fused-ring (bicyclic) bond motifs is 15. The molecule has 0 spiro atoms. The number of hydrogen-bond donors (Lipinski definition) is 0. The Morgan fingerprint density at radius 3 is 1.57 bits per heavy atom. The van der Waals surface area contributed by atoms with Gasteiger partial charge in [-0.25, -0.2) is 0 Å². The molecule has 0 saturated carbocycles. The number of hydrogen-bond acceptors (Lipinski definition) is 2. The molecule has 2 aliphatic rings. The van der Waals surface area contributed by atoms with Gasteiger partial charge >= 0.3 is 0 Å². The second kappa shape index (κ2) is 13.2. The van der Waals surface area contributed by atoms with E-state index in [0.29, 0.717) is 0 Å². The fraction of sp³-hybridized carbons (Fsp3) is 0.103. The SMILES string of the molecule is CC(C)(C)c1ccc(N(C2=CC3C(C=C2)c2ccccc2N3c2ccc3c4ccccc4c4ccccc4c3c2)c2cccc3c4ccccc4c4ccccc4c23)cc1. The molecule has 1 heterocycles. The molecule has 12 rings (SSSR count). The second-order valence-electron chi connectivity index (χ2n) is 17.6. The van der Waals surface area contributed by atoms with Crippen molar-refractivity contribution in [3.63, 3.8) is 0 Å². The molecule has 1 aliphatic carbocycles. The van der Waals surface area contributed by atoms with Crippen LogP contribution in [0.1, 0.15) is 37.8 Å². The van der Waals surface area contributed by atoms with Crippen molar-refractivity contribution in [2.45, 2.75) is 38.1 Å². The highest BCUT2D eigenvalue weighted by atomic mass is 15.2. The van der Waals surface area contributed by atoms with Crippen LogP contribution in [0.4, 0.5) is 22.7 Å². The van der Waals surface area contributed by atoms with Crippen molar-refractivity contribution in [2.75, 3.05) is 9.80 Å². The zero-order chi connectivity index (χ0) is 40.1. The molecule has 0 fully saturated rings. The first-order valence-electron chi connectivity index (χ1n) is 21.3. The van der Waals surface area contributed by atoms with Crippen LogP contribution >= 0.6 is 0 Å². The third kappa shape index (κ3) is 5.20. The molecule has 2 nitrogen and oxygen atoms in total. The monoisotopic (exact) mass is 768 g/mol. The maximum absolute atomic E-state index is 2.60. The van der Waals surface area contributed by atoms with E-state index >= 15 is 0 Å². The summed E-state index contributed by atoms with van der Waals surface area (Å²) in [5, 5.41) is 15.4. The van der Waals surface area contributed by atoms with E-state index in [0.717, 1.165) is 5.69 Å². The minimum Gasteiger partial charge on any atom is -0.333 e. The van der Waals surface area contributed by atoms with Crippen LogP contribution in [0.2, 0.25) is 0 Å². The zero-order valence-corrected chi connectivity index (χ0v) is 34.1. The van der Waals surface area contributed by atoms with Crippen LogP contribution in [0.15, 0.2) is 206 Å². The van der Waals surface area contributed by atoms with Crippen LogP contribution < -0.4 is 9.80 Å². The molecular formula is C58H44N2. The summed E-state index contributed by atoms with van der Waals surface area (Å²) in [6, 6.07) is 67.9. The fourth-order valence-corrected chi connectivity index (χ4v) is 10.5. The molecule has 10 aromatic rings. The van der Waals surface area contributed by atoms with E-state index in [2.05, 4.69) is 231 Å². The summed E-state index contributed by atoms with van der Waals surface area (Å²) in [7, 11) is 0. The van der Waals surface area contributed by atoms with Gasteiger partial charge in [0.25, 0.3) is 0 Å². The molecule has 0 saturated heterocycles. The number of para-hydroxylation sites is 1. The first kappa shape index (κ1) is 34.8. The van der Waals surface area contributed by atoms with Crippen molar-refractivity contribution < 1.29 is 0 Å². The molecule has 0 amide bonds. The van der Waals surface area contributed by atoms with E-state index in [1.807, 2.05) is 0 Å². The maximum atomic E-state index is 2.60. The van der Waals surface area contributed by atoms with Gasteiger partial charge in [0, 0.05) is 34.1 Å². The van der Waals surface area contributed by atoms with Crippen molar-refractivity contribution in [1.82, 2.24) is 0 Å². The average molecular weight is 769 g/mol. The largest absolute Gasteiger partial charge is 0.333 e. The van der Waals surface area contributed by atoms with E-state index in [1.54, 1.807) is 0 Å². The Hall–Kier alpha value is -7.16. The third-order valence-electron chi connectivity index (χ3n) is 13.3. The molecule has 0 N–H and O–H groups in total. The lowest BCUT2D eigenvalue weighted by Crippen LogP contribution is -2.31. The Kier molecular flexibility index (Phi) is 7.65. The summed E-state index contributed by atoms with van der Waals surface area (Å²) in [5.74, 6) is 0.205. The van der Waals surface area contributed by atoms with Gasteiger partial charge in [-0.05, 0) is 124 Å². The fourth-order valence-electron chi connectivity index (χ4n) is 10.5. The highest BCUT2D eigenvalue weighted by Crippen LogP contribution is 2.51. The Bertz CT molecular complexity index is 3360. The van der Waals surface area contributed by atoms with Crippen LogP contribution in [0, 0.1) is 0 Å². The van der Waals surface area contributed by atoms with Crippen LogP contribution in [-0.2, 0) is 5.41 Å². The van der Waals surface area contributed by atoms with Gasteiger partial charge in [0.1, 0.15) is 0 Å². The summed E-state index contributed by atoms with van der Waals surface area (Å²) in [6.45, 7) is 6.87. The first-order valence-corrected chi connectivity index (χ1v) is 21.3. The van der Waals surface area contributed by atoms with Gasteiger partial charge in [-0.1, -0.05) is 172 Å². The molecule has 0 radical (unpaired) electrons.